The van der Waals surface area contributed by atoms with Gasteiger partial charge in [0, 0.05) is 21.1 Å². The van der Waals surface area contributed by atoms with Gasteiger partial charge in [-0.1, -0.05) is 48.0 Å². The number of carbonyl (C=O) groups is 2. The van der Waals surface area contributed by atoms with E-state index >= 15 is 0 Å². The lowest BCUT2D eigenvalue weighted by Gasteiger charge is -2.22. The van der Waals surface area contributed by atoms with Crippen molar-refractivity contribution in [1.29, 1.82) is 0 Å². The average molecular weight is 358 g/mol. The highest BCUT2D eigenvalue weighted by Gasteiger charge is 2.39. The number of benzene rings is 2. The molecule has 0 radical (unpaired) electrons. The summed E-state index contributed by atoms with van der Waals surface area (Å²) in [4.78, 5) is 35.4. The van der Waals surface area contributed by atoms with Gasteiger partial charge < -0.3 is 5.11 Å². The lowest BCUT2D eigenvalue weighted by Crippen LogP contribution is -2.30. The van der Waals surface area contributed by atoms with Gasteiger partial charge in [0.15, 0.2) is 0 Å². The molecule has 0 saturated carbocycles. The van der Waals surface area contributed by atoms with Crippen molar-refractivity contribution in [3.05, 3.63) is 85.9 Å². The van der Waals surface area contributed by atoms with E-state index in [2.05, 4.69) is 0 Å². The second kappa shape index (κ2) is 6.49. The number of carbonyl (C=O) groups excluding carboxylic acids is 2. The van der Waals surface area contributed by atoms with Crippen LogP contribution in [-0.2, 0) is 4.79 Å². The summed E-state index contributed by atoms with van der Waals surface area (Å²) in [5.74, 6) is -3.18. The van der Waals surface area contributed by atoms with E-state index in [-0.39, 0.29) is 16.7 Å². The van der Waals surface area contributed by atoms with Gasteiger partial charge in [-0.05, 0) is 17.7 Å². The molecular weight excluding hydrogens is 346 g/mol. The number of hydrogen-bond acceptors (Lipinski definition) is 5. The van der Waals surface area contributed by atoms with Crippen molar-refractivity contribution in [3.63, 3.8) is 0 Å². The smallest absolute Gasteiger partial charge is 0.234 e. The Hall–Kier alpha value is -2.99. The molecule has 2 aromatic carbocycles. The second-order valence-corrected chi connectivity index (χ2v) is 6.02. The number of aliphatic hydroxyl groups excluding tert-OH is 1. The molecule has 1 N–H and O–H groups in total. The zero-order valence-electron chi connectivity index (χ0n) is 12.8. The summed E-state index contributed by atoms with van der Waals surface area (Å²) >= 11 is 5.84. The van der Waals surface area contributed by atoms with Crippen molar-refractivity contribution in [2.24, 2.45) is 0 Å². The Balaban J connectivity index is 2.20. The first-order valence-corrected chi connectivity index (χ1v) is 7.76. The monoisotopic (exact) mass is 357 g/mol. The summed E-state index contributed by atoms with van der Waals surface area (Å²) in [6.45, 7) is -0.637. The molecule has 2 aromatic rings. The number of hydrogen-bond donors (Lipinski definition) is 1. The van der Waals surface area contributed by atoms with Gasteiger partial charge in [0.1, 0.15) is 5.76 Å². The van der Waals surface area contributed by atoms with Crippen LogP contribution in [-0.4, -0.2) is 28.1 Å². The van der Waals surface area contributed by atoms with Gasteiger partial charge in [0.25, 0.3) is 0 Å². The van der Waals surface area contributed by atoms with Crippen molar-refractivity contribution < 1.29 is 19.6 Å². The van der Waals surface area contributed by atoms with Crippen molar-refractivity contribution in [2.45, 2.75) is 5.92 Å². The molecule has 1 aliphatic carbocycles. The summed E-state index contributed by atoms with van der Waals surface area (Å²) in [5.41, 5.74) is 0.444. The van der Waals surface area contributed by atoms with Crippen LogP contribution in [0, 0.1) is 10.1 Å². The molecule has 0 bridgehead atoms. The summed E-state index contributed by atoms with van der Waals surface area (Å²) in [5, 5.41) is 22.1. The van der Waals surface area contributed by atoms with Gasteiger partial charge in [-0.2, -0.15) is 0 Å². The highest BCUT2D eigenvalue weighted by Crippen LogP contribution is 2.36. The van der Waals surface area contributed by atoms with E-state index in [0.717, 1.165) is 0 Å². The van der Waals surface area contributed by atoms with Crippen LogP contribution < -0.4 is 0 Å². The Labute approximate surface area is 147 Å². The van der Waals surface area contributed by atoms with E-state index < -0.39 is 34.7 Å². The number of ketones is 2. The maximum Gasteiger partial charge on any atom is 0.234 e. The van der Waals surface area contributed by atoms with Crippen LogP contribution in [0.25, 0.3) is 5.76 Å². The molecule has 0 heterocycles. The lowest BCUT2D eigenvalue weighted by atomic mass is 9.79. The molecule has 0 aromatic heterocycles. The fourth-order valence-electron chi connectivity index (χ4n) is 2.92. The molecule has 0 fully saturated rings. The van der Waals surface area contributed by atoms with E-state index in [4.69, 9.17) is 11.6 Å². The maximum absolute atomic E-state index is 12.5. The Bertz CT molecular complexity index is 917. The number of aliphatic hydroxyl groups is 1. The van der Waals surface area contributed by atoms with E-state index in [1.165, 1.54) is 36.4 Å². The van der Waals surface area contributed by atoms with Gasteiger partial charge in [0.2, 0.25) is 18.1 Å². The van der Waals surface area contributed by atoms with E-state index in [0.29, 0.717) is 10.6 Å². The van der Waals surface area contributed by atoms with Crippen molar-refractivity contribution in [1.82, 2.24) is 0 Å². The van der Waals surface area contributed by atoms with Crippen LogP contribution in [0.2, 0.25) is 5.02 Å². The molecule has 1 aliphatic rings. The van der Waals surface area contributed by atoms with Gasteiger partial charge in [0.05, 0.1) is 11.5 Å². The van der Waals surface area contributed by atoms with Crippen molar-refractivity contribution in [2.75, 3.05) is 6.54 Å². The van der Waals surface area contributed by atoms with Crippen LogP contribution >= 0.6 is 11.6 Å². The lowest BCUT2D eigenvalue weighted by molar-refractivity contribution is -0.481. The first kappa shape index (κ1) is 16.9. The quantitative estimate of drug-likeness (QED) is 0.513. The number of Topliss-reactive ketones (excluding diaryl/α,β-unsaturated/α-hetero) is 2. The average Bonchev–Trinajstić information content (AvgIpc) is 2.59. The van der Waals surface area contributed by atoms with E-state index in [1.54, 1.807) is 12.1 Å². The van der Waals surface area contributed by atoms with E-state index in [1.807, 2.05) is 0 Å². The van der Waals surface area contributed by atoms with Gasteiger partial charge >= 0.3 is 0 Å². The van der Waals surface area contributed by atoms with Crippen LogP contribution in [0.4, 0.5) is 0 Å². The molecular formula is C18H12ClNO5. The molecule has 0 saturated heterocycles. The molecule has 6 nitrogen and oxygen atoms in total. The van der Waals surface area contributed by atoms with Crippen LogP contribution in [0.3, 0.4) is 0 Å². The fraction of sp³-hybridized carbons (Fsp3) is 0.111. The Kier molecular flexibility index (Phi) is 4.37. The van der Waals surface area contributed by atoms with Crippen molar-refractivity contribution in [3.8, 4) is 0 Å². The minimum absolute atomic E-state index is 0.0877. The third-order valence-electron chi connectivity index (χ3n) is 4.09. The van der Waals surface area contributed by atoms with Crippen LogP contribution in [0.15, 0.2) is 54.1 Å². The molecule has 1 unspecified atom stereocenters. The number of halogens is 1. The van der Waals surface area contributed by atoms with Gasteiger partial charge in [-0.3, -0.25) is 19.7 Å². The first-order valence-electron chi connectivity index (χ1n) is 7.39. The van der Waals surface area contributed by atoms with Crippen LogP contribution in [0.5, 0.6) is 0 Å². The molecule has 126 valence electrons. The largest absolute Gasteiger partial charge is 0.507 e. The second-order valence-electron chi connectivity index (χ2n) is 5.59. The number of nitro groups is 1. The fourth-order valence-corrected chi connectivity index (χ4v) is 3.04. The van der Waals surface area contributed by atoms with Crippen LogP contribution in [0.1, 0.15) is 27.4 Å². The Morgan fingerprint density at radius 3 is 2.20 bits per heavy atom. The van der Waals surface area contributed by atoms with Crippen molar-refractivity contribution >= 4 is 28.9 Å². The standard InChI is InChI=1S/C18H12ClNO5/c19-11-7-5-10(6-8-11)14(9-20(24)25)15-16(21)12-3-1-2-4-13(12)17(22)18(15)23/h1-8,14,21H,9H2. The highest BCUT2D eigenvalue weighted by molar-refractivity contribution is 6.52. The first-order chi connectivity index (χ1) is 11.9. The molecule has 0 aliphatic heterocycles. The SMILES string of the molecule is O=C1C(=O)c2ccccc2C(O)=C1C(C[N+](=O)[O-])c1ccc(Cl)cc1. The predicted octanol–water partition coefficient (Wildman–Crippen LogP) is 3.44. The summed E-state index contributed by atoms with van der Waals surface area (Å²) in [7, 11) is 0. The molecule has 0 spiro atoms. The van der Waals surface area contributed by atoms with Gasteiger partial charge in [-0.15, -0.1) is 0 Å². The zero-order chi connectivity index (χ0) is 18.1. The maximum atomic E-state index is 12.5. The third kappa shape index (κ3) is 3.04. The predicted molar refractivity (Wildman–Crippen MR) is 91.4 cm³/mol. The molecule has 25 heavy (non-hydrogen) atoms. The summed E-state index contributed by atoms with van der Waals surface area (Å²) < 4.78 is 0. The molecule has 1 atom stereocenters. The van der Waals surface area contributed by atoms with E-state index in [9.17, 15) is 24.8 Å². The molecule has 0 amide bonds. The normalized spacial score (nSPS) is 15.1. The Morgan fingerprint density at radius 2 is 1.60 bits per heavy atom. The minimum atomic E-state index is -1.06. The summed E-state index contributed by atoms with van der Waals surface area (Å²) in [6, 6.07) is 12.3. The number of fused-ring (bicyclic) bond motifs is 1. The summed E-state index contributed by atoms with van der Waals surface area (Å²) in [6.07, 6.45) is 0. The number of rotatable bonds is 4. The molecule has 7 heteroatoms. The highest BCUT2D eigenvalue weighted by atomic mass is 35.5. The topological polar surface area (TPSA) is 97.5 Å². The zero-order valence-corrected chi connectivity index (χ0v) is 13.6. The minimum Gasteiger partial charge on any atom is -0.507 e. The van der Waals surface area contributed by atoms with Gasteiger partial charge in [-0.25, -0.2) is 0 Å². The molecule has 3 rings (SSSR count). The third-order valence-corrected chi connectivity index (χ3v) is 4.34. The number of nitrogens with zero attached hydrogens (tertiary/aromatic N) is 1. The Morgan fingerprint density at radius 1 is 1.00 bits per heavy atom.